The fourth-order valence-corrected chi connectivity index (χ4v) is 4.46. The molecule has 1 aromatic carbocycles. The summed E-state index contributed by atoms with van der Waals surface area (Å²) in [4.78, 5) is 11.6. The first-order valence-electron chi connectivity index (χ1n) is 7.22. The van der Waals surface area contributed by atoms with Gasteiger partial charge in [0, 0.05) is 0 Å². The van der Waals surface area contributed by atoms with Crippen molar-refractivity contribution in [1.82, 2.24) is 15.0 Å². The quantitative estimate of drug-likeness (QED) is 0.311. The molecule has 2 aromatic rings. The van der Waals surface area contributed by atoms with Gasteiger partial charge in [-0.2, -0.15) is 0 Å². The minimum atomic E-state index is -2.09. The van der Waals surface area contributed by atoms with Crippen molar-refractivity contribution < 1.29 is 7.45 Å². The van der Waals surface area contributed by atoms with Crippen molar-refractivity contribution in [2.45, 2.75) is 0 Å². The normalized spacial score (nSPS) is 11.0. The maximum absolute atomic E-state index is 5.73. The topological polar surface area (TPSA) is 173 Å². The number of nitrogens with two attached hydrogens (primary N) is 4. The van der Waals surface area contributed by atoms with E-state index in [0.29, 0.717) is 26.3 Å². The molecule has 1 aromatic heterocycles. The fourth-order valence-electron chi connectivity index (χ4n) is 1.72. The maximum atomic E-state index is 5.73. The van der Waals surface area contributed by atoms with Crippen LogP contribution in [0.1, 0.15) is 0 Å². The molecule has 0 saturated carbocycles. The van der Waals surface area contributed by atoms with Crippen molar-refractivity contribution in [3.8, 4) is 0 Å². The van der Waals surface area contributed by atoms with E-state index in [1.54, 1.807) is 0 Å². The van der Waals surface area contributed by atoms with Gasteiger partial charge >= 0.3 is 144 Å². The number of anilines is 4. The molecule has 24 heavy (non-hydrogen) atoms. The first kappa shape index (κ1) is 18.4. The van der Waals surface area contributed by atoms with Crippen LogP contribution in [0, 0.1) is 0 Å². The van der Waals surface area contributed by atoms with Crippen LogP contribution in [0.3, 0.4) is 0 Å². The van der Waals surface area contributed by atoms with E-state index in [1.165, 1.54) is 0 Å². The molecule has 0 unspecified atom stereocenters. The molecule has 0 fully saturated rings. The molecule has 1 heterocycles. The Kier molecular flexibility index (Phi) is 7.16. The van der Waals surface area contributed by atoms with Gasteiger partial charge in [-0.1, -0.05) is 0 Å². The zero-order chi connectivity index (χ0) is 17.4. The van der Waals surface area contributed by atoms with E-state index in [4.69, 9.17) is 30.4 Å². The van der Waals surface area contributed by atoms with Crippen molar-refractivity contribution >= 4 is 43.2 Å². The molecule has 0 amide bonds. The second-order valence-corrected chi connectivity index (χ2v) is 7.79. The average molecular weight is 396 g/mol. The number of nitrogens with one attached hydrogen (secondary N) is 1. The van der Waals surface area contributed by atoms with E-state index in [-0.39, 0.29) is 17.8 Å². The number of rotatable bonds is 9. The summed E-state index contributed by atoms with van der Waals surface area (Å²) in [5, 5.41) is 3.01. The molecule has 0 aliphatic carbocycles. The van der Waals surface area contributed by atoms with E-state index in [2.05, 4.69) is 20.3 Å². The van der Waals surface area contributed by atoms with Gasteiger partial charge in [-0.05, 0) is 0 Å². The van der Waals surface area contributed by atoms with Crippen LogP contribution in [-0.4, -0.2) is 56.6 Å². The van der Waals surface area contributed by atoms with Crippen molar-refractivity contribution in [3.05, 3.63) is 24.3 Å². The molecule has 2 rings (SSSR count). The van der Waals surface area contributed by atoms with Crippen LogP contribution in [0.15, 0.2) is 24.3 Å². The Balaban J connectivity index is 2.07. The number of hydrogen-bond acceptors (Lipinski definition) is 10. The number of aromatic nitrogens is 3. The van der Waals surface area contributed by atoms with Crippen LogP contribution in [0.25, 0.3) is 0 Å². The summed E-state index contributed by atoms with van der Waals surface area (Å²) < 4.78 is 12.4. The minimum absolute atomic E-state index is 0.0554. The van der Waals surface area contributed by atoms with Crippen LogP contribution in [0.5, 0.6) is 0 Å². The van der Waals surface area contributed by atoms with Crippen molar-refractivity contribution in [2.75, 3.05) is 43.1 Å². The number of nitrogen functional groups attached to an aromatic ring is 2. The molecular weight excluding hydrogens is 375 g/mol. The molecule has 0 aliphatic rings. The third kappa shape index (κ3) is 5.59. The summed E-state index contributed by atoms with van der Waals surface area (Å²) in [6.45, 7) is 1.79. The van der Waals surface area contributed by atoms with Gasteiger partial charge < -0.3 is 0 Å². The van der Waals surface area contributed by atoms with Crippen molar-refractivity contribution in [3.63, 3.8) is 0 Å². The molecule has 11 heteroatoms. The van der Waals surface area contributed by atoms with E-state index >= 15 is 0 Å². The second-order valence-electron chi connectivity index (χ2n) is 4.55. The van der Waals surface area contributed by atoms with E-state index < -0.39 is 15.3 Å². The van der Waals surface area contributed by atoms with Crippen LogP contribution in [0.2, 0.25) is 0 Å². The van der Waals surface area contributed by atoms with Gasteiger partial charge in [-0.3, -0.25) is 0 Å². The fraction of sp³-hybridized carbons (Fsp3) is 0.308. The monoisotopic (exact) mass is 396 g/mol. The van der Waals surface area contributed by atoms with Crippen LogP contribution in [-0.2, 0) is 7.45 Å². The first-order valence-corrected chi connectivity index (χ1v) is 9.69. The average Bonchev–Trinajstić information content (AvgIpc) is 2.55. The molecule has 0 bridgehead atoms. The van der Waals surface area contributed by atoms with Gasteiger partial charge in [-0.25, -0.2) is 0 Å². The SMILES string of the molecule is NCCO[As](OCCN)c1ccc(Nc2nc(N)nc(N)n2)cc1. The van der Waals surface area contributed by atoms with Gasteiger partial charge in [0.05, 0.1) is 0 Å². The molecule has 0 aliphatic heterocycles. The summed E-state index contributed by atoms with van der Waals surface area (Å²) in [7, 11) is 0. The molecule has 0 spiro atoms. The predicted octanol–water partition coefficient (Wildman–Crippen LogP) is -1.57. The summed E-state index contributed by atoms with van der Waals surface area (Å²) >= 11 is -2.09. The number of hydrogen-bond donors (Lipinski definition) is 5. The Morgan fingerprint density at radius 2 is 1.42 bits per heavy atom. The van der Waals surface area contributed by atoms with Crippen molar-refractivity contribution in [1.29, 1.82) is 0 Å². The summed E-state index contributed by atoms with van der Waals surface area (Å²) in [5.74, 6) is 0.389. The van der Waals surface area contributed by atoms with Gasteiger partial charge in [0.15, 0.2) is 0 Å². The molecule has 10 nitrogen and oxygen atoms in total. The second kappa shape index (κ2) is 9.35. The molecule has 0 saturated heterocycles. The Labute approximate surface area is 144 Å². The molecule has 0 atom stereocenters. The Morgan fingerprint density at radius 3 is 1.92 bits per heavy atom. The van der Waals surface area contributed by atoms with Crippen LogP contribution < -0.4 is 32.6 Å². The molecular formula is C13H21AsN8O2. The van der Waals surface area contributed by atoms with Crippen LogP contribution in [0.4, 0.5) is 23.5 Å². The van der Waals surface area contributed by atoms with Crippen molar-refractivity contribution in [2.24, 2.45) is 11.5 Å². The van der Waals surface area contributed by atoms with Crippen LogP contribution >= 0.6 is 0 Å². The molecule has 9 N–H and O–H groups in total. The zero-order valence-electron chi connectivity index (χ0n) is 13.1. The molecule has 130 valence electrons. The van der Waals surface area contributed by atoms with Gasteiger partial charge in [0.1, 0.15) is 0 Å². The number of nitrogens with zero attached hydrogens (tertiary/aromatic N) is 3. The Bertz CT molecular complexity index is 614. The molecule has 0 radical (unpaired) electrons. The zero-order valence-corrected chi connectivity index (χ0v) is 14.9. The van der Waals surface area contributed by atoms with E-state index in [9.17, 15) is 0 Å². The predicted molar refractivity (Wildman–Crippen MR) is 93.8 cm³/mol. The van der Waals surface area contributed by atoms with Gasteiger partial charge in [0.25, 0.3) is 0 Å². The third-order valence-electron chi connectivity index (χ3n) is 2.66. The standard InChI is InChI=1S/C13H21AsN8O2/c15-5-7-23-14(24-8-6-16)9-1-3-10(4-2-9)19-13-21-11(17)20-12(18)22-13/h1-4H,5-8,15-16H2,(H5,17,18,19,20,21,22). The summed E-state index contributed by atoms with van der Waals surface area (Å²) in [6.07, 6.45) is 0. The summed E-state index contributed by atoms with van der Waals surface area (Å²) in [6, 6.07) is 7.57. The summed E-state index contributed by atoms with van der Waals surface area (Å²) in [5.41, 5.74) is 22.8. The third-order valence-corrected chi connectivity index (χ3v) is 5.92. The first-order chi connectivity index (χ1) is 11.6. The van der Waals surface area contributed by atoms with Gasteiger partial charge in [-0.15, -0.1) is 0 Å². The van der Waals surface area contributed by atoms with E-state index in [0.717, 1.165) is 10.0 Å². The number of benzene rings is 1. The van der Waals surface area contributed by atoms with Gasteiger partial charge in [0.2, 0.25) is 0 Å². The Hall–Kier alpha value is -1.97. The van der Waals surface area contributed by atoms with E-state index in [1.807, 2.05) is 24.3 Å². The Morgan fingerprint density at radius 1 is 0.875 bits per heavy atom.